The summed E-state index contributed by atoms with van der Waals surface area (Å²) in [4.78, 5) is 17.6. The van der Waals surface area contributed by atoms with Crippen LogP contribution in [0.1, 0.15) is 31.4 Å². The van der Waals surface area contributed by atoms with Gasteiger partial charge in [-0.1, -0.05) is 24.1 Å². The maximum absolute atomic E-state index is 11.7. The first-order chi connectivity index (χ1) is 11.7. The Morgan fingerprint density at radius 3 is 2.96 bits per heavy atom. The van der Waals surface area contributed by atoms with Gasteiger partial charge in [0.05, 0.1) is 25.1 Å². The minimum absolute atomic E-state index is 0.0163. The Balaban J connectivity index is 1.75. The molecule has 2 rings (SSSR count). The number of pyridine rings is 1. The molecule has 0 aliphatic carbocycles. The van der Waals surface area contributed by atoms with Crippen LogP contribution in [0.4, 0.5) is 0 Å². The van der Waals surface area contributed by atoms with E-state index >= 15 is 0 Å². The van der Waals surface area contributed by atoms with Crippen LogP contribution in [0.2, 0.25) is 0 Å². The lowest BCUT2D eigenvalue weighted by molar-refractivity contribution is -0.142. The molecule has 2 N–H and O–H groups in total. The second-order valence-electron chi connectivity index (χ2n) is 5.80. The zero-order valence-electron chi connectivity index (χ0n) is 13.8. The molecule has 5 heteroatoms. The van der Waals surface area contributed by atoms with Crippen molar-refractivity contribution in [2.75, 3.05) is 13.2 Å². The van der Waals surface area contributed by atoms with E-state index < -0.39 is 6.10 Å². The number of aliphatic hydroxyl groups excluding tert-OH is 2. The lowest BCUT2D eigenvalue weighted by atomic mass is 10.0. The molecule has 0 bridgehead atoms. The normalized spacial score (nSPS) is 18.2. The molecule has 1 unspecified atom stereocenters. The predicted octanol–water partition coefficient (Wildman–Crippen LogP) is 1.31. The molecule has 0 saturated carbocycles. The van der Waals surface area contributed by atoms with Gasteiger partial charge in [-0.15, -0.1) is 5.92 Å². The van der Waals surface area contributed by atoms with Crippen LogP contribution in [0.5, 0.6) is 0 Å². The highest BCUT2D eigenvalue weighted by Crippen LogP contribution is 2.20. The molecule has 24 heavy (non-hydrogen) atoms. The molecule has 0 aromatic carbocycles. The molecule has 1 aromatic rings. The third kappa shape index (κ3) is 5.80. The van der Waals surface area contributed by atoms with Crippen molar-refractivity contribution in [3.8, 4) is 11.8 Å². The third-order valence-electron chi connectivity index (χ3n) is 3.89. The van der Waals surface area contributed by atoms with Crippen LogP contribution in [-0.2, 0) is 11.2 Å². The number of β-lactam (4-membered cyclic amide) rings is 1. The summed E-state index contributed by atoms with van der Waals surface area (Å²) in [6.07, 6.45) is 8.01. The number of hydrogen-bond donors (Lipinski definition) is 2. The van der Waals surface area contributed by atoms with Crippen molar-refractivity contribution in [2.24, 2.45) is 0 Å². The molecule has 0 radical (unpaired) electrons. The number of aromatic nitrogens is 1. The zero-order chi connectivity index (χ0) is 17.2. The number of rotatable bonds is 8. The molecule has 1 aliphatic heterocycles. The maximum atomic E-state index is 11.7. The van der Waals surface area contributed by atoms with Crippen LogP contribution in [0.25, 0.3) is 0 Å². The highest BCUT2D eigenvalue weighted by atomic mass is 16.3. The Hall–Kier alpha value is -2.16. The van der Waals surface area contributed by atoms with Crippen molar-refractivity contribution < 1.29 is 15.0 Å². The van der Waals surface area contributed by atoms with Gasteiger partial charge in [-0.2, -0.15) is 0 Å². The van der Waals surface area contributed by atoms with Gasteiger partial charge in [0.2, 0.25) is 5.91 Å². The fraction of sp³-hybridized carbons (Fsp3) is 0.474. The van der Waals surface area contributed by atoms with E-state index in [1.54, 1.807) is 17.2 Å². The van der Waals surface area contributed by atoms with Gasteiger partial charge in [0.1, 0.15) is 0 Å². The molecular weight excluding hydrogens is 304 g/mol. The fourth-order valence-electron chi connectivity index (χ4n) is 2.47. The number of amides is 1. The van der Waals surface area contributed by atoms with E-state index in [2.05, 4.69) is 16.8 Å². The van der Waals surface area contributed by atoms with Crippen molar-refractivity contribution in [3.63, 3.8) is 0 Å². The molecular formula is C19H24N2O3. The number of unbranched alkanes of at least 4 members (excludes halogenated alkanes) is 2. The predicted molar refractivity (Wildman–Crippen MR) is 91.9 cm³/mol. The van der Waals surface area contributed by atoms with Crippen molar-refractivity contribution in [2.45, 2.75) is 44.2 Å². The number of carbonyl (C=O) groups is 1. The molecule has 2 heterocycles. The quantitative estimate of drug-likeness (QED) is 0.327. The topological polar surface area (TPSA) is 73.7 Å². The SMILES string of the molecule is O=C1C[C@H](/C=C/C(O)Cc2ccccn2)N1CC#CCCCCO. The van der Waals surface area contributed by atoms with Crippen LogP contribution in [0.3, 0.4) is 0 Å². The first-order valence-corrected chi connectivity index (χ1v) is 8.33. The zero-order valence-corrected chi connectivity index (χ0v) is 13.8. The summed E-state index contributed by atoms with van der Waals surface area (Å²) in [7, 11) is 0. The summed E-state index contributed by atoms with van der Waals surface area (Å²) in [6, 6.07) is 5.63. The highest BCUT2D eigenvalue weighted by molar-refractivity contribution is 5.84. The standard InChI is InChI=1S/C19H24N2O3/c22-13-7-3-1-2-6-12-21-17(15-19(21)24)9-10-18(23)14-16-8-4-5-11-20-16/h4-5,8-11,17-18,22-23H,1,3,7,12-15H2/b10-9+/t17-,18?/m0/s1. The van der Waals surface area contributed by atoms with Gasteiger partial charge < -0.3 is 15.1 Å². The smallest absolute Gasteiger partial charge is 0.226 e. The van der Waals surface area contributed by atoms with Gasteiger partial charge in [0, 0.05) is 31.3 Å². The molecule has 1 fully saturated rings. The summed E-state index contributed by atoms with van der Waals surface area (Å²) < 4.78 is 0. The monoisotopic (exact) mass is 328 g/mol. The van der Waals surface area contributed by atoms with E-state index in [0.717, 1.165) is 25.0 Å². The number of aliphatic hydroxyl groups is 2. The molecule has 128 valence electrons. The van der Waals surface area contributed by atoms with Gasteiger partial charge in [0.15, 0.2) is 0 Å². The molecule has 1 aromatic heterocycles. The van der Waals surface area contributed by atoms with Crippen LogP contribution in [0.15, 0.2) is 36.5 Å². The van der Waals surface area contributed by atoms with Crippen LogP contribution in [0, 0.1) is 11.8 Å². The van der Waals surface area contributed by atoms with E-state index in [1.165, 1.54) is 0 Å². The summed E-state index contributed by atoms with van der Waals surface area (Å²) in [5.74, 6) is 6.11. The van der Waals surface area contributed by atoms with Crippen LogP contribution in [-0.4, -0.2) is 51.3 Å². The van der Waals surface area contributed by atoms with E-state index in [4.69, 9.17) is 5.11 Å². The minimum atomic E-state index is -0.609. The van der Waals surface area contributed by atoms with Crippen molar-refractivity contribution >= 4 is 5.91 Å². The van der Waals surface area contributed by atoms with Gasteiger partial charge in [-0.25, -0.2) is 0 Å². The molecule has 1 amide bonds. The third-order valence-corrected chi connectivity index (χ3v) is 3.89. The summed E-state index contributed by atoms with van der Waals surface area (Å²) in [5.41, 5.74) is 0.838. The van der Waals surface area contributed by atoms with E-state index in [9.17, 15) is 9.90 Å². The number of hydrogen-bond acceptors (Lipinski definition) is 4. The summed E-state index contributed by atoms with van der Waals surface area (Å²) in [5, 5.41) is 18.7. The molecule has 5 nitrogen and oxygen atoms in total. The van der Waals surface area contributed by atoms with Gasteiger partial charge >= 0.3 is 0 Å². The van der Waals surface area contributed by atoms with Crippen LogP contribution < -0.4 is 0 Å². The van der Waals surface area contributed by atoms with E-state index in [0.29, 0.717) is 19.4 Å². The Kier molecular flexibility index (Phi) is 7.47. The largest absolute Gasteiger partial charge is 0.396 e. The number of nitrogens with zero attached hydrogens (tertiary/aromatic N) is 2. The Bertz CT molecular complexity index is 604. The number of likely N-dealkylation sites (tertiary alicyclic amines) is 1. The lowest BCUT2D eigenvalue weighted by Gasteiger charge is -2.37. The van der Waals surface area contributed by atoms with Crippen molar-refractivity contribution in [1.29, 1.82) is 0 Å². The van der Waals surface area contributed by atoms with E-state index in [-0.39, 0.29) is 18.6 Å². The van der Waals surface area contributed by atoms with Gasteiger partial charge in [-0.05, 0) is 25.0 Å². The summed E-state index contributed by atoms with van der Waals surface area (Å²) >= 11 is 0. The minimum Gasteiger partial charge on any atom is -0.396 e. The Morgan fingerprint density at radius 2 is 2.25 bits per heavy atom. The number of carbonyl (C=O) groups excluding carboxylic acids is 1. The fourth-order valence-corrected chi connectivity index (χ4v) is 2.47. The van der Waals surface area contributed by atoms with Gasteiger partial charge in [0.25, 0.3) is 0 Å². The van der Waals surface area contributed by atoms with E-state index in [1.807, 2.05) is 24.3 Å². The second-order valence-corrected chi connectivity index (χ2v) is 5.80. The van der Waals surface area contributed by atoms with Crippen molar-refractivity contribution in [1.82, 2.24) is 9.88 Å². The van der Waals surface area contributed by atoms with Crippen LogP contribution >= 0.6 is 0 Å². The van der Waals surface area contributed by atoms with Gasteiger partial charge in [-0.3, -0.25) is 9.78 Å². The maximum Gasteiger partial charge on any atom is 0.226 e. The lowest BCUT2D eigenvalue weighted by Crippen LogP contribution is -2.51. The Labute approximate surface area is 143 Å². The second kappa shape index (κ2) is 9.86. The molecule has 1 aliphatic rings. The summed E-state index contributed by atoms with van der Waals surface area (Å²) in [6.45, 7) is 0.614. The average Bonchev–Trinajstić information content (AvgIpc) is 2.58. The first kappa shape index (κ1) is 18.2. The van der Waals surface area contributed by atoms with Crippen molar-refractivity contribution in [3.05, 3.63) is 42.2 Å². The molecule has 2 atom stereocenters. The highest BCUT2D eigenvalue weighted by Gasteiger charge is 2.33. The average molecular weight is 328 g/mol. The first-order valence-electron chi connectivity index (χ1n) is 8.33. The molecule has 1 saturated heterocycles. The Morgan fingerprint density at radius 1 is 1.38 bits per heavy atom. The molecule has 0 spiro atoms.